The second kappa shape index (κ2) is 5.27. The molecule has 1 aromatic heterocycles. The average Bonchev–Trinajstić information content (AvgIpc) is 2.62. The number of benzene rings is 1. The second-order valence-electron chi connectivity index (χ2n) is 3.30. The minimum atomic E-state index is -3.74. The Kier molecular flexibility index (Phi) is 4.08. The van der Waals surface area contributed by atoms with Crippen LogP contribution in [0, 0.1) is 0 Å². The normalized spacial score (nSPS) is 11.5. The maximum atomic E-state index is 12.0. The lowest BCUT2D eigenvalue weighted by Crippen LogP contribution is -2.12. The Bertz CT molecular complexity index is 665. The zero-order chi connectivity index (χ0) is 13.3. The molecule has 18 heavy (non-hydrogen) atoms. The van der Waals surface area contributed by atoms with E-state index in [1.807, 2.05) is 0 Å². The lowest BCUT2D eigenvalue weighted by Gasteiger charge is -2.06. The third kappa shape index (κ3) is 3.10. The Hall–Kier alpha value is -0.460. The Morgan fingerprint density at radius 2 is 1.67 bits per heavy atom. The zero-order valence-electron chi connectivity index (χ0n) is 8.65. The molecule has 0 saturated carbocycles. The highest BCUT2D eigenvalue weighted by Gasteiger charge is 2.20. The summed E-state index contributed by atoms with van der Waals surface area (Å²) in [7, 11) is -3.74. The number of thiophene rings is 1. The molecule has 0 saturated heterocycles. The molecule has 0 amide bonds. The molecule has 2 aromatic rings. The van der Waals surface area contributed by atoms with E-state index in [9.17, 15) is 8.42 Å². The first-order chi connectivity index (χ1) is 8.38. The number of rotatable bonds is 3. The van der Waals surface area contributed by atoms with Gasteiger partial charge in [0.2, 0.25) is 0 Å². The van der Waals surface area contributed by atoms with Crippen molar-refractivity contribution < 1.29 is 8.42 Å². The summed E-state index contributed by atoms with van der Waals surface area (Å²) < 4.78 is 26.9. The van der Waals surface area contributed by atoms with Crippen LogP contribution in [0.4, 0.5) is 5.69 Å². The lowest BCUT2D eigenvalue weighted by atomic mass is 10.3. The summed E-state index contributed by atoms with van der Waals surface area (Å²) in [6.07, 6.45) is 0. The van der Waals surface area contributed by atoms with Gasteiger partial charge >= 0.3 is 0 Å². The van der Waals surface area contributed by atoms with Crippen LogP contribution in [0.2, 0.25) is 13.7 Å². The molecular formula is C10H6Cl3NO2S2. The van der Waals surface area contributed by atoms with Gasteiger partial charge in [-0.3, -0.25) is 4.72 Å². The molecule has 1 aromatic carbocycles. The third-order valence-electron chi connectivity index (χ3n) is 2.01. The van der Waals surface area contributed by atoms with E-state index in [-0.39, 0.29) is 9.23 Å². The molecule has 3 nitrogen and oxygen atoms in total. The largest absolute Gasteiger partial charge is 0.280 e. The van der Waals surface area contributed by atoms with Gasteiger partial charge < -0.3 is 0 Å². The highest BCUT2D eigenvalue weighted by atomic mass is 35.5. The van der Waals surface area contributed by atoms with E-state index in [0.29, 0.717) is 15.0 Å². The molecular weight excluding hydrogens is 337 g/mol. The molecule has 1 heterocycles. The van der Waals surface area contributed by atoms with Gasteiger partial charge in [0.15, 0.2) is 0 Å². The maximum absolute atomic E-state index is 12.0. The third-order valence-corrected chi connectivity index (χ3v) is 5.40. The molecule has 0 aliphatic heterocycles. The van der Waals surface area contributed by atoms with E-state index in [1.54, 1.807) is 24.3 Å². The van der Waals surface area contributed by atoms with Crippen LogP contribution < -0.4 is 4.72 Å². The Labute approximate surface area is 123 Å². The molecule has 2 rings (SSSR count). The predicted molar refractivity (Wildman–Crippen MR) is 76.6 cm³/mol. The molecule has 0 bridgehead atoms. The summed E-state index contributed by atoms with van der Waals surface area (Å²) in [6.45, 7) is 0. The first kappa shape index (κ1) is 14.0. The standard InChI is InChI=1S/C10H6Cl3NO2S2/c11-6-1-3-7(4-2-6)14-18(15,16)8-5-9(12)17-10(8)13/h1-5,14H. The smallest absolute Gasteiger partial charge is 0.264 e. The van der Waals surface area contributed by atoms with E-state index < -0.39 is 10.0 Å². The van der Waals surface area contributed by atoms with E-state index in [1.165, 1.54) is 6.07 Å². The summed E-state index contributed by atoms with van der Waals surface area (Å²) in [6, 6.07) is 7.60. The van der Waals surface area contributed by atoms with Crippen molar-refractivity contribution in [2.75, 3.05) is 4.72 Å². The maximum Gasteiger partial charge on any atom is 0.264 e. The van der Waals surface area contributed by atoms with Crippen LogP contribution in [-0.2, 0) is 10.0 Å². The van der Waals surface area contributed by atoms with E-state index in [0.717, 1.165) is 11.3 Å². The van der Waals surface area contributed by atoms with Crippen LogP contribution in [0.3, 0.4) is 0 Å². The van der Waals surface area contributed by atoms with Crippen LogP contribution in [0.25, 0.3) is 0 Å². The molecule has 0 atom stereocenters. The topological polar surface area (TPSA) is 46.2 Å². The van der Waals surface area contributed by atoms with Crippen LogP contribution in [0.15, 0.2) is 35.2 Å². The predicted octanol–water partition coefficient (Wildman–Crippen LogP) is 4.51. The number of hydrogen-bond acceptors (Lipinski definition) is 3. The van der Waals surface area contributed by atoms with Crippen LogP contribution in [0.5, 0.6) is 0 Å². The van der Waals surface area contributed by atoms with Gasteiger partial charge in [0.1, 0.15) is 9.23 Å². The van der Waals surface area contributed by atoms with Crippen molar-refractivity contribution in [3.8, 4) is 0 Å². The summed E-state index contributed by atoms with van der Waals surface area (Å²) in [5.74, 6) is 0. The number of hydrogen-bond donors (Lipinski definition) is 1. The van der Waals surface area contributed by atoms with E-state index >= 15 is 0 Å². The minimum Gasteiger partial charge on any atom is -0.280 e. The molecule has 1 N–H and O–H groups in total. The van der Waals surface area contributed by atoms with Crippen molar-refractivity contribution in [3.05, 3.63) is 44.0 Å². The second-order valence-corrected chi connectivity index (χ2v) is 7.67. The fourth-order valence-electron chi connectivity index (χ4n) is 1.24. The summed E-state index contributed by atoms with van der Waals surface area (Å²) >= 11 is 18.2. The minimum absolute atomic E-state index is 0.0332. The Morgan fingerprint density at radius 1 is 1.06 bits per heavy atom. The summed E-state index contributed by atoms with van der Waals surface area (Å²) in [5.41, 5.74) is 0.401. The van der Waals surface area contributed by atoms with Gasteiger partial charge in [-0.1, -0.05) is 34.8 Å². The van der Waals surface area contributed by atoms with Gasteiger partial charge in [0.25, 0.3) is 10.0 Å². The van der Waals surface area contributed by atoms with E-state index in [2.05, 4.69) is 4.72 Å². The number of sulfonamides is 1. The lowest BCUT2D eigenvalue weighted by molar-refractivity contribution is 0.601. The molecule has 0 aliphatic carbocycles. The molecule has 0 fully saturated rings. The highest BCUT2D eigenvalue weighted by Crippen LogP contribution is 2.35. The highest BCUT2D eigenvalue weighted by molar-refractivity contribution is 7.93. The van der Waals surface area contributed by atoms with Gasteiger partial charge in [-0.05, 0) is 30.3 Å². The molecule has 0 unspecified atom stereocenters. The molecule has 8 heteroatoms. The van der Waals surface area contributed by atoms with Crippen LogP contribution in [-0.4, -0.2) is 8.42 Å². The van der Waals surface area contributed by atoms with Crippen molar-refractivity contribution in [2.45, 2.75) is 4.90 Å². The van der Waals surface area contributed by atoms with Crippen molar-refractivity contribution >= 4 is 61.9 Å². The van der Waals surface area contributed by atoms with Gasteiger partial charge in [-0.15, -0.1) is 11.3 Å². The van der Waals surface area contributed by atoms with Crippen LogP contribution >= 0.6 is 46.1 Å². The van der Waals surface area contributed by atoms with Crippen molar-refractivity contribution in [1.82, 2.24) is 0 Å². The molecule has 0 spiro atoms. The van der Waals surface area contributed by atoms with Crippen LogP contribution in [0.1, 0.15) is 0 Å². The fraction of sp³-hybridized carbons (Fsp3) is 0. The molecule has 0 radical (unpaired) electrons. The average molecular weight is 343 g/mol. The first-order valence-electron chi connectivity index (χ1n) is 4.62. The van der Waals surface area contributed by atoms with Crippen molar-refractivity contribution in [1.29, 1.82) is 0 Å². The van der Waals surface area contributed by atoms with Gasteiger partial charge in [0.05, 0.1) is 4.34 Å². The Balaban J connectivity index is 2.33. The van der Waals surface area contributed by atoms with Gasteiger partial charge in [0, 0.05) is 10.7 Å². The van der Waals surface area contributed by atoms with E-state index in [4.69, 9.17) is 34.8 Å². The summed E-state index contributed by atoms with van der Waals surface area (Å²) in [5, 5.41) is 0.523. The Morgan fingerprint density at radius 3 is 2.17 bits per heavy atom. The first-order valence-corrected chi connectivity index (χ1v) is 8.05. The summed E-state index contributed by atoms with van der Waals surface area (Å²) in [4.78, 5) is -0.0332. The van der Waals surface area contributed by atoms with Crippen molar-refractivity contribution in [3.63, 3.8) is 0 Å². The van der Waals surface area contributed by atoms with Crippen molar-refractivity contribution in [2.24, 2.45) is 0 Å². The number of nitrogens with one attached hydrogen (secondary N) is 1. The zero-order valence-corrected chi connectivity index (χ0v) is 12.6. The van der Waals surface area contributed by atoms with Gasteiger partial charge in [-0.25, -0.2) is 8.42 Å². The quantitative estimate of drug-likeness (QED) is 0.892. The number of halogens is 3. The molecule has 0 aliphatic rings. The molecule has 96 valence electrons. The monoisotopic (exact) mass is 341 g/mol. The van der Waals surface area contributed by atoms with Gasteiger partial charge in [-0.2, -0.15) is 0 Å². The SMILES string of the molecule is O=S(=O)(Nc1ccc(Cl)cc1)c1cc(Cl)sc1Cl. The fourth-order valence-corrected chi connectivity index (χ4v) is 4.57. The number of anilines is 1.